The van der Waals surface area contributed by atoms with Crippen molar-refractivity contribution < 1.29 is 9.53 Å². The van der Waals surface area contributed by atoms with Crippen LogP contribution in [0.1, 0.15) is 18.4 Å². The van der Waals surface area contributed by atoms with Gasteiger partial charge in [-0.05, 0) is 43.3 Å². The Labute approximate surface area is 142 Å². The van der Waals surface area contributed by atoms with Gasteiger partial charge in [-0.25, -0.2) is 4.79 Å². The van der Waals surface area contributed by atoms with E-state index in [1.807, 2.05) is 12.1 Å². The van der Waals surface area contributed by atoms with Gasteiger partial charge >= 0.3 is 6.03 Å². The zero-order valence-corrected chi connectivity index (χ0v) is 14.4. The smallest absolute Gasteiger partial charge is 0.315 e. The summed E-state index contributed by atoms with van der Waals surface area (Å²) in [6.45, 7) is 4.01. The summed E-state index contributed by atoms with van der Waals surface area (Å²) in [6, 6.07) is 8.70. The van der Waals surface area contributed by atoms with Crippen LogP contribution in [0.4, 0.5) is 4.79 Å². The van der Waals surface area contributed by atoms with E-state index >= 15 is 0 Å². The molecule has 2 fully saturated rings. The molecular formula is C17H25N3O2S. The van der Waals surface area contributed by atoms with Crippen LogP contribution >= 0.6 is 11.8 Å². The molecule has 0 saturated carbocycles. The molecular weight excluding hydrogens is 310 g/mol. The molecule has 0 radical (unpaired) electrons. The van der Waals surface area contributed by atoms with Crippen LogP contribution in [0.3, 0.4) is 0 Å². The third-order valence-electron chi connectivity index (χ3n) is 4.56. The number of urea groups is 1. The first-order chi connectivity index (χ1) is 11.2. The van der Waals surface area contributed by atoms with Gasteiger partial charge in [0.25, 0.3) is 0 Å². The van der Waals surface area contributed by atoms with E-state index in [1.165, 1.54) is 24.3 Å². The SMILES string of the molecule is CSc1ccc(CNC(=O)NC[C@@H]2CN3CCC[C@H]3CO2)cc1. The van der Waals surface area contributed by atoms with Crippen LogP contribution in [0.25, 0.3) is 0 Å². The molecule has 1 aromatic rings. The molecule has 23 heavy (non-hydrogen) atoms. The second kappa shape index (κ2) is 8.04. The highest BCUT2D eigenvalue weighted by Gasteiger charge is 2.32. The number of fused-ring (bicyclic) bond motifs is 1. The first kappa shape index (κ1) is 16.6. The summed E-state index contributed by atoms with van der Waals surface area (Å²) in [7, 11) is 0. The van der Waals surface area contributed by atoms with E-state index in [0.717, 1.165) is 18.7 Å². The van der Waals surface area contributed by atoms with Crippen molar-refractivity contribution in [1.82, 2.24) is 15.5 Å². The Morgan fingerprint density at radius 1 is 1.35 bits per heavy atom. The lowest BCUT2D eigenvalue weighted by Gasteiger charge is -2.35. The fourth-order valence-electron chi connectivity index (χ4n) is 3.20. The van der Waals surface area contributed by atoms with Gasteiger partial charge in [-0.1, -0.05) is 12.1 Å². The number of nitrogens with one attached hydrogen (secondary N) is 2. The van der Waals surface area contributed by atoms with Gasteiger partial charge in [0.1, 0.15) is 0 Å². The highest BCUT2D eigenvalue weighted by molar-refractivity contribution is 7.98. The van der Waals surface area contributed by atoms with E-state index in [9.17, 15) is 4.79 Å². The van der Waals surface area contributed by atoms with E-state index in [2.05, 4.69) is 33.9 Å². The van der Waals surface area contributed by atoms with Crippen molar-refractivity contribution >= 4 is 17.8 Å². The minimum Gasteiger partial charge on any atom is -0.373 e. The Morgan fingerprint density at radius 2 is 2.17 bits per heavy atom. The van der Waals surface area contributed by atoms with Gasteiger partial charge in [-0.2, -0.15) is 0 Å². The Bertz CT molecular complexity index is 523. The Hall–Kier alpha value is -1.24. The number of rotatable bonds is 5. The van der Waals surface area contributed by atoms with Crippen LogP contribution in [-0.4, -0.2) is 55.6 Å². The molecule has 5 nitrogen and oxygen atoms in total. The Balaban J connectivity index is 1.36. The number of hydrogen-bond donors (Lipinski definition) is 2. The highest BCUT2D eigenvalue weighted by Crippen LogP contribution is 2.22. The Kier molecular flexibility index (Phi) is 5.80. The van der Waals surface area contributed by atoms with Gasteiger partial charge < -0.3 is 15.4 Å². The zero-order chi connectivity index (χ0) is 16.1. The van der Waals surface area contributed by atoms with Crippen molar-refractivity contribution in [3.63, 3.8) is 0 Å². The van der Waals surface area contributed by atoms with Gasteiger partial charge in [0.2, 0.25) is 0 Å². The molecule has 0 spiro atoms. The van der Waals surface area contributed by atoms with Crippen LogP contribution < -0.4 is 10.6 Å². The van der Waals surface area contributed by atoms with E-state index in [0.29, 0.717) is 19.1 Å². The maximum Gasteiger partial charge on any atom is 0.315 e. The number of benzene rings is 1. The molecule has 2 amide bonds. The minimum absolute atomic E-state index is 0.107. The monoisotopic (exact) mass is 335 g/mol. The molecule has 2 heterocycles. The average molecular weight is 335 g/mol. The number of carbonyl (C=O) groups excluding carboxylic acids is 1. The van der Waals surface area contributed by atoms with Gasteiger partial charge in [0.15, 0.2) is 0 Å². The van der Waals surface area contributed by atoms with Gasteiger partial charge in [0, 0.05) is 30.6 Å². The maximum absolute atomic E-state index is 11.9. The fraction of sp³-hybridized carbons (Fsp3) is 0.588. The number of hydrogen-bond acceptors (Lipinski definition) is 4. The van der Waals surface area contributed by atoms with Crippen molar-refractivity contribution in [2.75, 3.05) is 32.5 Å². The van der Waals surface area contributed by atoms with Crippen molar-refractivity contribution in [2.24, 2.45) is 0 Å². The second-order valence-electron chi connectivity index (χ2n) is 6.16. The molecule has 0 bridgehead atoms. The zero-order valence-electron chi connectivity index (χ0n) is 13.6. The molecule has 0 unspecified atom stereocenters. The van der Waals surface area contributed by atoms with Gasteiger partial charge in [-0.3, -0.25) is 4.90 Å². The number of morpholine rings is 1. The standard InChI is InChI=1S/C17H25N3O2S/c1-23-16-6-4-13(5-7-16)9-18-17(21)19-10-15-11-20-8-2-3-14(20)12-22-15/h4-7,14-15H,2-3,8-12H2,1H3,(H2,18,19,21)/t14-,15+/m0/s1. The summed E-state index contributed by atoms with van der Waals surface area (Å²) >= 11 is 1.71. The average Bonchev–Trinajstić information content (AvgIpc) is 3.06. The van der Waals surface area contributed by atoms with E-state index in [1.54, 1.807) is 11.8 Å². The lowest BCUT2D eigenvalue weighted by atomic mass is 10.2. The molecule has 1 aromatic carbocycles. The second-order valence-corrected chi connectivity index (χ2v) is 7.04. The summed E-state index contributed by atoms with van der Waals surface area (Å²) < 4.78 is 5.84. The van der Waals surface area contributed by atoms with Gasteiger partial charge in [-0.15, -0.1) is 11.8 Å². The molecule has 6 heteroatoms. The number of carbonyl (C=O) groups is 1. The predicted octanol–water partition coefficient (Wildman–Crippen LogP) is 2.07. The molecule has 3 rings (SSSR count). The third kappa shape index (κ3) is 4.62. The fourth-order valence-corrected chi connectivity index (χ4v) is 3.61. The van der Waals surface area contributed by atoms with Crippen LogP contribution in [0.2, 0.25) is 0 Å². The molecule has 0 aliphatic carbocycles. The molecule has 2 atom stereocenters. The van der Waals surface area contributed by atoms with Crippen molar-refractivity contribution in [3.05, 3.63) is 29.8 Å². The number of amides is 2. The van der Waals surface area contributed by atoms with E-state index in [-0.39, 0.29) is 12.1 Å². The molecule has 2 aliphatic heterocycles. The maximum atomic E-state index is 11.9. The predicted molar refractivity (Wildman–Crippen MR) is 92.8 cm³/mol. The number of thioether (sulfide) groups is 1. The van der Waals surface area contributed by atoms with Crippen LogP contribution in [0, 0.1) is 0 Å². The van der Waals surface area contributed by atoms with Crippen LogP contribution in [0.5, 0.6) is 0 Å². The summed E-state index contributed by atoms with van der Waals surface area (Å²) in [6.07, 6.45) is 4.68. The largest absolute Gasteiger partial charge is 0.373 e. The molecule has 126 valence electrons. The summed E-state index contributed by atoms with van der Waals surface area (Å²) in [5.74, 6) is 0. The third-order valence-corrected chi connectivity index (χ3v) is 5.31. The Morgan fingerprint density at radius 3 is 2.96 bits per heavy atom. The molecule has 0 aromatic heterocycles. The number of ether oxygens (including phenoxy) is 1. The molecule has 2 N–H and O–H groups in total. The first-order valence-corrected chi connectivity index (χ1v) is 9.47. The van der Waals surface area contributed by atoms with E-state index < -0.39 is 0 Å². The molecule has 2 saturated heterocycles. The van der Waals surface area contributed by atoms with Crippen LogP contribution in [-0.2, 0) is 11.3 Å². The van der Waals surface area contributed by atoms with Gasteiger partial charge in [0.05, 0.1) is 12.7 Å². The van der Waals surface area contributed by atoms with Crippen LogP contribution in [0.15, 0.2) is 29.2 Å². The summed E-state index contributed by atoms with van der Waals surface area (Å²) in [5, 5.41) is 5.82. The number of nitrogens with zero attached hydrogens (tertiary/aromatic N) is 1. The topological polar surface area (TPSA) is 53.6 Å². The lowest BCUT2D eigenvalue weighted by molar-refractivity contribution is -0.0457. The summed E-state index contributed by atoms with van der Waals surface area (Å²) in [4.78, 5) is 15.6. The lowest BCUT2D eigenvalue weighted by Crippen LogP contribution is -2.51. The first-order valence-electron chi connectivity index (χ1n) is 8.25. The molecule has 2 aliphatic rings. The minimum atomic E-state index is -0.133. The quantitative estimate of drug-likeness (QED) is 0.809. The normalized spacial score (nSPS) is 24.2. The highest BCUT2D eigenvalue weighted by atomic mass is 32.2. The van der Waals surface area contributed by atoms with E-state index in [4.69, 9.17) is 4.74 Å². The summed E-state index contributed by atoms with van der Waals surface area (Å²) in [5.41, 5.74) is 1.10. The van der Waals surface area contributed by atoms with Crippen molar-refractivity contribution in [3.8, 4) is 0 Å². The van der Waals surface area contributed by atoms with Crippen molar-refractivity contribution in [2.45, 2.75) is 36.4 Å². The van der Waals surface area contributed by atoms with Crippen molar-refractivity contribution in [1.29, 1.82) is 0 Å².